The van der Waals surface area contributed by atoms with Crippen molar-refractivity contribution in [2.24, 2.45) is 10.4 Å². The molecule has 0 aliphatic heterocycles. The number of ether oxygens (including phenoxy) is 1. The number of rotatable bonds is 10. The van der Waals surface area contributed by atoms with Crippen LogP contribution in [0.5, 0.6) is 0 Å². The van der Waals surface area contributed by atoms with Crippen LogP contribution in [-0.2, 0) is 27.1 Å². The molecule has 0 atom stereocenters. The average molecular weight is 411 g/mol. The number of hydrogen-bond acceptors (Lipinski definition) is 4. The second kappa shape index (κ2) is 10.8. The lowest BCUT2D eigenvalue weighted by Gasteiger charge is -2.30. The van der Waals surface area contributed by atoms with E-state index in [1.165, 1.54) is 32.7 Å². The van der Waals surface area contributed by atoms with Gasteiger partial charge in [-0.1, -0.05) is 37.1 Å². The highest BCUT2D eigenvalue weighted by atomic mass is 32.2. The predicted molar refractivity (Wildman–Crippen MR) is 114 cm³/mol. The molecule has 1 saturated carbocycles. The van der Waals surface area contributed by atoms with Crippen molar-refractivity contribution in [2.45, 2.75) is 44.4 Å². The molecule has 1 aromatic carbocycles. The minimum absolute atomic E-state index is 0.0215. The van der Waals surface area contributed by atoms with E-state index in [-0.39, 0.29) is 11.2 Å². The summed E-state index contributed by atoms with van der Waals surface area (Å²) in [6.45, 7) is 2.25. The van der Waals surface area contributed by atoms with Crippen LogP contribution in [0.15, 0.2) is 29.3 Å². The van der Waals surface area contributed by atoms with Gasteiger partial charge in [-0.05, 0) is 42.9 Å². The molecule has 0 bridgehead atoms. The molecule has 0 amide bonds. The van der Waals surface area contributed by atoms with E-state index in [0.29, 0.717) is 6.54 Å². The zero-order valence-electron chi connectivity index (χ0n) is 17.3. The Balaban J connectivity index is 1.90. The van der Waals surface area contributed by atoms with E-state index in [4.69, 9.17) is 4.74 Å². The quantitative estimate of drug-likeness (QED) is 0.405. The maximum atomic E-state index is 11.7. The summed E-state index contributed by atoms with van der Waals surface area (Å²) in [4.78, 5) is 4.33. The Kier molecular flexibility index (Phi) is 8.72. The SMILES string of the molecule is CN=C(NCc1cccc(CS(=O)(=O)NC)c1)NCC1(CCOC)CCCC1. The van der Waals surface area contributed by atoms with Gasteiger partial charge in [0.25, 0.3) is 0 Å². The second-order valence-electron chi connectivity index (χ2n) is 7.51. The second-order valence-corrected chi connectivity index (χ2v) is 9.44. The molecule has 158 valence electrons. The van der Waals surface area contributed by atoms with Gasteiger partial charge in [0.15, 0.2) is 5.96 Å². The van der Waals surface area contributed by atoms with Gasteiger partial charge in [-0.2, -0.15) is 0 Å². The molecule has 1 aliphatic carbocycles. The summed E-state index contributed by atoms with van der Waals surface area (Å²) in [5.74, 6) is 0.740. The third-order valence-corrected chi connectivity index (χ3v) is 6.81. The van der Waals surface area contributed by atoms with Crippen molar-refractivity contribution in [3.8, 4) is 0 Å². The van der Waals surface area contributed by atoms with Crippen molar-refractivity contribution in [2.75, 3.05) is 34.4 Å². The van der Waals surface area contributed by atoms with Gasteiger partial charge in [0, 0.05) is 33.9 Å². The normalized spacial score (nSPS) is 16.9. The molecule has 28 heavy (non-hydrogen) atoms. The lowest BCUT2D eigenvalue weighted by Crippen LogP contribution is -2.43. The molecule has 0 radical (unpaired) electrons. The zero-order valence-corrected chi connectivity index (χ0v) is 18.1. The number of nitrogens with one attached hydrogen (secondary N) is 3. The molecule has 1 aliphatic rings. The fourth-order valence-electron chi connectivity index (χ4n) is 3.76. The molecule has 1 fully saturated rings. The molecule has 2 rings (SSSR count). The molecule has 3 N–H and O–H groups in total. The van der Waals surface area contributed by atoms with E-state index in [1.807, 2.05) is 24.3 Å². The van der Waals surface area contributed by atoms with Gasteiger partial charge < -0.3 is 15.4 Å². The lowest BCUT2D eigenvalue weighted by molar-refractivity contribution is 0.138. The highest BCUT2D eigenvalue weighted by Crippen LogP contribution is 2.40. The largest absolute Gasteiger partial charge is 0.385 e. The van der Waals surface area contributed by atoms with Crippen LogP contribution in [0.25, 0.3) is 0 Å². The number of guanidine groups is 1. The minimum atomic E-state index is -3.27. The Hall–Kier alpha value is -1.64. The molecule has 1 aromatic rings. The Bertz CT molecular complexity index is 744. The lowest BCUT2D eigenvalue weighted by atomic mass is 9.83. The molecular weight excluding hydrogens is 376 g/mol. The third kappa shape index (κ3) is 7.07. The van der Waals surface area contributed by atoms with E-state index in [2.05, 4.69) is 20.3 Å². The Labute approximate surface area is 169 Å². The Morgan fingerprint density at radius 3 is 2.57 bits per heavy atom. The van der Waals surface area contributed by atoms with E-state index in [0.717, 1.165) is 36.7 Å². The molecule has 8 heteroatoms. The third-order valence-electron chi connectivity index (χ3n) is 5.47. The van der Waals surface area contributed by atoms with Gasteiger partial charge in [0.2, 0.25) is 10.0 Å². The summed E-state index contributed by atoms with van der Waals surface area (Å²) in [6, 6.07) is 7.59. The fourth-order valence-corrected chi connectivity index (χ4v) is 4.52. The summed E-state index contributed by atoms with van der Waals surface area (Å²) < 4.78 is 31.1. The van der Waals surface area contributed by atoms with Gasteiger partial charge in [-0.3, -0.25) is 4.99 Å². The molecule has 0 saturated heterocycles. The predicted octanol–water partition coefficient (Wildman–Crippen LogP) is 2.00. The zero-order chi connectivity index (χ0) is 20.5. The molecule has 0 heterocycles. The van der Waals surface area contributed by atoms with Gasteiger partial charge in [0.1, 0.15) is 0 Å². The smallest absolute Gasteiger partial charge is 0.215 e. The Morgan fingerprint density at radius 1 is 1.21 bits per heavy atom. The van der Waals surface area contributed by atoms with Crippen LogP contribution in [0.3, 0.4) is 0 Å². The van der Waals surface area contributed by atoms with Gasteiger partial charge in [-0.25, -0.2) is 13.1 Å². The molecular formula is C20H34N4O3S. The minimum Gasteiger partial charge on any atom is -0.385 e. The number of nitrogens with zero attached hydrogens (tertiary/aromatic N) is 1. The summed E-state index contributed by atoms with van der Waals surface area (Å²) in [6.07, 6.45) is 6.07. The topological polar surface area (TPSA) is 91.8 Å². The van der Waals surface area contributed by atoms with Crippen LogP contribution in [0.1, 0.15) is 43.2 Å². The van der Waals surface area contributed by atoms with Gasteiger partial charge in [0.05, 0.1) is 5.75 Å². The Morgan fingerprint density at radius 2 is 1.93 bits per heavy atom. The van der Waals surface area contributed by atoms with Crippen LogP contribution in [0.4, 0.5) is 0 Å². The first kappa shape index (κ1) is 22.6. The van der Waals surface area contributed by atoms with Crippen molar-refractivity contribution in [3.63, 3.8) is 0 Å². The molecule has 7 nitrogen and oxygen atoms in total. The maximum absolute atomic E-state index is 11.7. The van der Waals surface area contributed by atoms with Crippen molar-refractivity contribution < 1.29 is 13.2 Å². The van der Waals surface area contributed by atoms with Crippen molar-refractivity contribution in [1.82, 2.24) is 15.4 Å². The van der Waals surface area contributed by atoms with Gasteiger partial charge >= 0.3 is 0 Å². The summed E-state index contributed by atoms with van der Waals surface area (Å²) >= 11 is 0. The van der Waals surface area contributed by atoms with Crippen LogP contribution in [-0.4, -0.2) is 48.7 Å². The van der Waals surface area contributed by atoms with Crippen LogP contribution >= 0.6 is 0 Å². The van der Waals surface area contributed by atoms with Crippen molar-refractivity contribution in [1.29, 1.82) is 0 Å². The maximum Gasteiger partial charge on any atom is 0.215 e. The molecule has 0 spiro atoms. The van der Waals surface area contributed by atoms with E-state index in [9.17, 15) is 8.42 Å². The highest BCUT2D eigenvalue weighted by molar-refractivity contribution is 7.88. The summed E-state index contributed by atoms with van der Waals surface area (Å²) in [5.41, 5.74) is 2.07. The van der Waals surface area contributed by atoms with Crippen LogP contribution < -0.4 is 15.4 Å². The fraction of sp³-hybridized carbons (Fsp3) is 0.650. The van der Waals surface area contributed by atoms with Crippen LogP contribution in [0, 0.1) is 5.41 Å². The molecule has 0 unspecified atom stereocenters. The van der Waals surface area contributed by atoms with Crippen molar-refractivity contribution >= 4 is 16.0 Å². The first-order valence-corrected chi connectivity index (χ1v) is 11.5. The number of aliphatic imine (C=N–C) groups is 1. The average Bonchev–Trinajstić information content (AvgIpc) is 3.15. The van der Waals surface area contributed by atoms with E-state index in [1.54, 1.807) is 14.2 Å². The monoisotopic (exact) mass is 410 g/mol. The van der Waals surface area contributed by atoms with Gasteiger partial charge in [-0.15, -0.1) is 0 Å². The van der Waals surface area contributed by atoms with Crippen molar-refractivity contribution in [3.05, 3.63) is 35.4 Å². The van der Waals surface area contributed by atoms with E-state index >= 15 is 0 Å². The number of methoxy groups -OCH3 is 1. The first-order chi connectivity index (χ1) is 13.4. The van der Waals surface area contributed by atoms with Crippen LogP contribution in [0.2, 0.25) is 0 Å². The van der Waals surface area contributed by atoms with E-state index < -0.39 is 10.0 Å². The molecule has 0 aromatic heterocycles. The number of hydrogen-bond donors (Lipinski definition) is 3. The summed E-state index contributed by atoms with van der Waals surface area (Å²) in [5, 5.41) is 6.80. The number of sulfonamides is 1. The first-order valence-electron chi connectivity index (χ1n) is 9.84. The highest BCUT2D eigenvalue weighted by Gasteiger charge is 2.33. The summed E-state index contributed by atoms with van der Waals surface area (Å²) in [7, 11) is 1.68. The standard InChI is InChI=1S/C20H34N4O3S/c1-21-19(24-16-20(11-12-27-3)9-4-5-10-20)23-14-17-7-6-8-18(13-17)15-28(25,26)22-2/h6-8,13,22H,4-5,9-12,14-16H2,1-3H3,(H2,21,23,24). The number of benzene rings is 1.